The molecule has 1 heterocycles. The summed E-state index contributed by atoms with van der Waals surface area (Å²) >= 11 is 0. The zero-order valence-corrected chi connectivity index (χ0v) is 14.4. The molecule has 2 N–H and O–H groups in total. The van der Waals surface area contributed by atoms with Gasteiger partial charge < -0.3 is 15.3 Å². The molecule has 0 radical (unpaired) electrons. The van der Waals surface area contributed by atoms with Crippen LogP contribution in [0.2, 0.25) is 0 Å². The summed E-state index contributed by atoms with van der Waals surface area (Å²) in [6.07, 6.45) is 2.07. The molecule has 1 amide bonds. The van der Waals surface area contributed by atoms with E-state index < -0.39 is 6.10 Å². The predicted molar refractivity (Wildman–Crippen MR) is 90.2 cm³/mol. The van der Waals surface area contributed by atoms with Gasteiger partial charge in [-0.2, -0.15) is 0 Å². The summed E-state index contributed by atoms with van der Waals surface area (Å²) in [6, 6.07) is 3.65. The third-order valence-corrected chi connectivity index (χ3v) is 3.66. The quantitative estimate of drug-likeness (QED) is 0.812. The molecular formula is C17H29N3O2. The first kappa shape index (κ1) is 18.4. The summed E-state index contributed by atoms with van der Waals surface area (Å²) in [5.41, 5.74) is 0.259. The summed E-state index contributed by atoms with van der Waals surface area (Å²) in [7, 11) is 0. The number of carbonyl (C=O) groups excluding carboxylic acids is 1. The molecule has 0 aliphatic heterocycles. The molecule has 1 aromatic rings. The number of aromatic nitrogens is 1. The summed E-state index contributed by atoms with van der Waals surface area (Å²) in [4.78, 5) is 18.6. The molecule has 5 heteroatoms. The van der Waals surface area contributed by atoms with Gasteiger partial charge in [0.1, 0.15) is 5.82 Å². The van der Waals surface area contributed by atoms with Gasteiger partial charge in [-0.1, -0.05) is 27.7 Å². The fraction of sp³-hybridized carbons (Fsp3) is 0.647. The molecule has 0 saturated carbocycles. The largest absolute Gasteiger partial charge is 0.391 e. The molecule has 0 fully saturated rings. The second-order valence-corrected chi connectivity index (χ2v) is 6.58. The number of amides is 1. The molecular weight excluding hydrogens is 278 g/mol. The Morgan fingerprint density at radius 3 is 2.50 bits per heavy atom. The van der Waals surface area contributed by atoms with Crippen LogP contribution in [0.4, 0.5) is 5.82 Å². The van der Waals surface area contributed by atoms with Gasteiger partial charge in [-0.25, -0.2) is 4.98 Å². The Labute approximate surface area is 133 Å². The topological polar surface area (TPSA) is 65.5 Å². The summed E-state index contributed by atoms with van der Waals surface area (Å²) in [5.74, 6) is 0.677. The van der Waals surface area contributed by atoms with E-state index in [4.69, 9.17) is 0 Å². The first-order chi connectivity index (χ1) is 10.3. The fourth-order valence-corrected chi connectivity index (χ4v) is 2.01. The third-order valence-electron chi connectivity index (χ3n) is 3.66. The van der Waals surface area contributed by atoms with Crippen molar-refractivity contribution in [2.45, 2.75) is 47.1 Å². The van der Waals surface area contributed by atoms with E-state index in [1.807, 2.05) is 26.8 Å². The monoisotopic (exact) mass is 307 g/mol. The maximum absolute atomic E-state index is 12.1. The van der Waals surface area contributed by atoms with Gasteiger partial charge >= 0.3 is 0 Å². The van der Waals surface area contributed by atoms with Crippen LogP contribution in [0.15, 0.2) is 18.3 Å². The number of aliphatic hydroxyl groups excluding tert-OH is 1. The molecule has 5 nitrogen and oxygen atoms in total. The number of carbonyl (C=O) groups is 1. The van der Waals surface area contributed by atoms with Gasteiger partial charge in [0.05, 0.1) is 11.7 Å². The van der Waals surface area contributed by atoms with Crippen molar-refractivity contribution in [1.29, 1.82) is 0 Å². The van der Waals surface area contributed by atoms with E-state index in [1.165, 1.54) is 0 Å². The number of hydrogen-bond donors (Lipinski definition) is 2. The SMILES string of the molecule is CCCN(CC)c1ccc(C(=O)NCC(O)C(C)(C)C)cn1. The Balaban J connectivity index is 2.64. The van der Waals surface area contributed by atoms with Crippen LogP contribution >= 0.6 is 0 Å². The van der Waals surface area contributed by atoms with E-state index >= 15 is 0 Å². The van der Waals surface area contributed by atoms with Crippen LogP contribution in [0, 0.1) is 5.41 Å². The lowest BCUT2D eigenvalue weighted by molar-refractivity contribution is 0.0587. The second-order valence-electron chi connectivity index (χ2n) is 6.58. The van der Waals surface area contributed by atoms with Crippen LogP contribution in [0.1, 0.15) is 51.4 Å². The highest BCUT2D eigenvalue weighted by Gasteiger charge is 2.22. The lowest BCUT2D eigenvalue weighted by atomic mass is 9.89. The number of nitrogens with one attached hydrogen (secondary N) is 1. The highest BCUT2D eigenvalue weighted by atomic mass is 16.3. The Hall–Kier alpha value is -1.62. The molecule has 0 aliphatic carbocycles. The first-order valence-corrected chi connectivity index (χ1v) is 7.96. The van der Waals surface area contributed by atoms with Crippen molar-refractivity contribution in [3.63, 3.8) is 0 Å². The zero-order chi connectivity index (χ0) is 16.8. The Morgan fingerprint density at radius 1 is 1.36 bits per heavy atom. The van der Waals surface area contributed by atoms with Crippen molar-refractivity contribution >= 4 is 11.7 Å². The van der Waals surface area contributed by atoms with Crippen molar-refractivity contribution in [2.75, 3.05) is 24.5 Å². The molecule has 0 aliphatic rings. The summed E-state index contributed by atoms with van der Waals surface area (Å²) in [5, 5.41) is 12.7. The number of pyridine rings is 1. The van der Waals surface area contributed by atoms with E-state index in [2.05, 4.69) is 29.0 Å². The van der Waals surface area contributed by atoms with Crippen molar-refractivity contribution < 1.29 is 9.90 Å². The van der Waals surface area contributed by atoms with Crippen LogP contribution in [0.3, 0.4) is 0 Å². The average molecular weight is 307 g/mol. The number of rotatable bonds is 7. The lowest BCUT2D eigenvalue weighted by Gasteiger charge is -2.26. The van der Waals surface area contributed by atoms with Crippen LogP contribution in [-0.2, 0) is 0 Å². The van der Waals surface area contributed by atoms with Gasteiger partial charge in [-0.05, 0) is 30.9 Å². The molecule has 124 valence electrons. The first-order valence-electron chi connectivity index (χ1n) is 7.96. The van der Waals surface area contributed by atoms with Gasteiger partial charge in [0.15, 0.2) is 0 Å². The smallest absolute Gasteiger partial charge is 0.252 e. The van der Waals surface area contributed by atoms with Crippen LogP contribution in [0.25, 0.3) is 0 Å². The van der Waals surface area contributed by atoms with Gasteiger partial charge in [-0.3, -0.25) is 4.79 Å². The maximum Gasteiger partial charge on any atom is 0.252 e. The van der Waals surface area contributed by atoms with E-state index in [9.17, 15) is 9.90 Å². The van der Waals surface area contributed by atoms with E-state index in [0.717, 1.165) is 25.3 Å². The second kappa shape index (κ2) is 8.13. The molecule has 0 bridgehead atoms. The third kappa shape index (κ3) is 5.30. The van der Waals surface area contributed by atoms with Crippen molar-refractivity contribution in [3.8, 4) is 0 Å². The standard InChI is InChI=1S/C17H29N3O2/c1-6-10-20(7-2)15-9-8-13(11-18-15)16(22)19-12-14(21)17(3,4)5/h8-9,11,14,21H,6-7,10,12H2,1-5H3,(H,19,22). The van der Waals surface area contributed by atoms with Gasteiger partial charge in [0.25, 0.3) is 5.91 Å². The van der Waals surface area contributed by atoms with Gasteiger partial charge in [0, 0.05) is 25.8 Å². The highest BCUT2D eigenvalue weighted by molar-refractivity contribution is 5.94. The number of hydrogen-bond acceptors (Lipinski definition) is 4. The van der Waals surface area contributed by atoms with Crippen LogP contribution in [0.5, 0.6) is 0 Å². The number of aliphatic hydroxyl groups is 1. The van der Waals surface area contributed by atoms with E-state index in [1.54, 1.807) is 12.3 Å². The predicted octanol–water partition coefficient (Wildman–Crippen LogP) is 2.45. The molecule has 1 unspecified atom stereocenters. The Bertz CT molecular complexity index is 466. The molecule has 1 rings (SSSR count). The van der Waals surface area contributed by atoms with E-state index in [-0.39, 0.29) is 17.9 Å². The number of nitrogens with zero attached hydrogens (tertiary/aromatic N) is 2. The molecule has 22 heavy (non-hydrogen) atoms. The average Bonchev–Trinajstić information content (AvgIpc) is 2.49. The lowest BCUT2D eigenvalue weighted by Crippen LogP contribution is -2.39. The van der Waals surface area contributed by atoms with Gasteiger partial charge in [-0.15, -0.1) is 0 Å². The molecule has 1 atom stereocenters. The van der Waals surface area contributed by atoms with Crippen molar-refractivity contribution in [1.82, 2.24) is 10.3 Å². The molecule has 0 spiro atoms. The van der Waals surface area contributed by atoms with Crippen LogP contribution in [-0.4, -0.2) is 41.7 Å². The Morgan fingerprint density at radius 2 is 2.05 bits per heavy atom. The normalized spacial score (nSPS) is 12.8. The zero-order valence-electron chi connectivity index (χ0n) is 14.4. The number of anilines is 1. The molecule has 0 aromatic carbocycles. The van der Waals surface area contributed by atoms with Crippen LogP contribution < -0.4 is 10.2 Å². The minimum Gasteiger partial charge on any atom is -0.391 e. The minimum atomic E-state index is -0.580. The Kier molecular flexibility index (Phi) is 6.81. The molecule has 0 saturated heterocycles. The van der Waals surface area contributed by atoms with E-state index in [0.29, 0.717) is 5.56 Å². The minimum absolute atomic E-state index is 0.208. The fourth-order valence-electron chi connectivity index (χ4n) is 2.01. The summed E-state index contributed by atoms with van der Waals surface area (Å²) < 4.78 is 0. The van der Waals surface area contributed by atoms with Crippen molar-refractivity contribution in [2.24, 2.45) is 5.41 Å². The highest BCUT2D eigenvalue weighted by Crippen LogP contribution is 2.18. The summed E-state index contributed by atoms with van der Waals surface area (Å²) in [6.45, 7) is 12.1. The maximum atomic E-state index is 12.1. The molecule has 1 aromatic heterocycles. The van der Waals surface area contributed by atoms with Gasteiger partial charge in [0.2, 0.25) is 0 Å². The van der Waals surface area contributed by atoms with Crippen molar-refractivity contribution in [3.05, 3.63) is 23.9 Å².